The Morgan fingerprint density at radius 2 is 1.79 bits per heavy atom. The molecule has 0 nitrogen and oxygen atoms in total. The van der Waals surface area contributed by atoms with E-state index in [1.165, 1.54) is 62.2 Å². The van der Waals surface area contributed by atoms with Gasteiger partial charge in [-0.05, 0) is 74.4 Å². The minimum absolute atomic E-state index is 0.909. The van der Waals surface area contributed by atoms with E-state index in [-0.39, 0.29) is 0 Å². The largest absolute Gasteiger partial charge is 0.138 e. The van der Waals surface area contributed by atoms with Gasteiger partial charge in [0.1, 0.15) is 8.07 Å². The number of rotatable bonds is 6. The van der Waals surface area contributed by atoms with Crippen LogP contribution in [0.15, 0.2) is 35.5 Å². The fraction of sp³-hybridized carbons (Fsp3) is 0.652. The highest BCUT2D eigenvalue weighted by Crippen LogP contribution is 2.45. The summed E-state index contributed by atoms with van der Waals surface area (Å²) in [4.78, 5) is 0. The average molecular weight is 339 g/mol. The van der Waals surface area contributed by atoms with Gasteiger partial charge in [0.25, 0.3) is 0 Å². The van der Waals surface area contributed by atoms with Crippen molar-refractivity contribution in [1.82, 2.24) is 0 Å². The second-order valence-electron chi connectivity index (χ2n) is 8.19. The number of allylic oxidation sites excluding steroid dienone is 6. The molecule has 3 aliphatic carbocycles. The Morgan fingerprint density at radius 3 is 2.33 bits per heavy atom. The Kier molecular flexibility index (Phi) is 5.88. The average Bonchev–Trinajstić information content (AvgIpc) is 3.26. The Morgan fingerprint density at radius 1 is 1.00 bits per heavy atom. The van der Waals surface area contributed by atoms with Gasteiger partial charge in [-0.3, -0.25) is 0 Å². The van der Waals surface area contributed by atoms with Crippen LogP contribution in [-0.2, 0) is 0 Å². The van der Waals surface area contributed by atoms with E-state index >= 15 is 0 Å². The van der Waals surface area contributed by atoms with E-state index < -0.39 is 8.07 Å². The molecule has 1 saturated carbocycles. The van der Waals surface area contributed by atoms with Crippen LogP contribution in [0.1, 0.15) is 59.3 Å². The maximum absolute atomic E-state index is 3.75. The maximum Gasteiger partial charge on any atom is 0.138 e. The van der Waals surface area contributed by atoms with Gasteiger partial charge in [0.2, 0.25) is 0 Å². The quantitative estimate of drug-likeness (QED) is 0.288. The molecule has 3 rings (SSSR count). The normalized spacial score (nSPS) is 28.4. The molecule has 0 amide bonds. The SMILES string of the molecule is CC[Si](C#CC1=CC=C(CCC2CC3C=CC2C3)CC1)(CC)CC. The molecule has 0 aromatic carbocycles. The van der Waals surface area contributed by atoms with Crippen molar-refractivity contribution >= 4 is 8.07 Å². The van der Waals surface area contributed by atoms with Crippen molar-refractivity contribution in [1.29, 1.82) is 0 Å². The molecule has 0 aromatic heterocycles. The summed E-state index contributed by atoms with van der Waals surface area (Å²) in [6, 6.07) is 3.91. The van der Waals surface area contributed by atoms with Gasteiger partial charge in [0, 0.05) is 5.57 Å². The summed E-state index contributed by atoms with van der Waals surface area (Å²) in [7, 11) is -1.29. The number of fused-ring (bicyclic) bond motifs is 2. The van der Waals surface area contributed by atoms with Crippen LogP contribution in [0.4, 0.5) is 0 Å². The van der Waals surface area contributed by atoms with Crippen molar-refractivity contribution in [2.75, 3.05) is 0 Å². The molecule has 3 aliphatic rings. The van der Waals surface area contributed by atoms with Crippen molar-refractivity contribution in [3.63, 3.8) is 0 Å². The molecule has 3 unspecified atom stereocenters. The molecule has 1 heteroatoms. The Balaban J connectivity index is 1.54. The summed E-state index contributed by atoms with van der Waals surface area (Å²) in [6.07, 6.45) is 17.7. The van der Waals surface area contributed by atoms with Crippen molar-refractivity contribution in [2.45, 2.75) is 77.4 Å². The van der Waals surface area contributed by atoms with E-state index in [0.29, 0.717) is 0 Å². The van der Waals surface area contributed by atoms with Gasteiger partial charge in [-0.25, -0.2) is 0 Å². The van der Waals surface area contributed by atoms with Crippen LogP contribution in [-0.4, -0.2) is 8.07 Å². The molecule has 24 heavy (non-hydrogen) atoms. The van der Waals surface area contributed by atoms with Gasteiger partial charge in [0.05, 0.1) is 0 Å². The van der Waals surface area contributed by atoms with E-state index in [9.17, 15) is 0 Å². The molecule has 0 saturated heterocycles. The zero-order valence-corrected chi connectivity index (χ0v) is 16.9. The van der Waals surface area contributed by atoms with Gasteiger partial charge in [-0.1, -0.05) is 56.6 Å². The van der Waals surface area contributed by atoms with E-state index in [0.717, 1.165) is 17.8 Å². The lowest BCUT2D eigenvalue weighted by molar-refractivity contribution is 0.414. The number of hydrogen-bond acceptors (Lipinski definition) is 0. The maximum atomic E-state index is 3.75. The summed E-state index contributed by atoms with van der Waals surface area (Å²) >= 11 is 0. The first kappa shape index (κ1) is 17.8. The van der Waals surface area contributed by atoms with E-state index in [1.807, 2.05) is 0 Å². The minimum Gasteiger partial charge on any atom is -0.126 e. The zero-order valence-electron chi connectivity index (χ0n) is 15.9. The predicted octanol–water partition coefficient (Wildman–Crippen LogP) is 6.68. The molecule has 130 valence electrons. The highest BCUT2D eigenvalue weighted by atomic mass is 28.3. The summed E-state index contributed by atoms with van der Waals surface area (Å²) in [5.41, 5.74) is 6.79. The van der Waals surface area contributed by atoms with Crippen LogP contribution >= 0.6 is 0 Å². The first-order valence-corrected chi connectivity index (χ1v) is 12.9. The summed E-state index contributed by atoms with van der Waals surface area (Å²) in [5.74, 6) is 6.37. The van der Waals surface area contributed by atoms with Crippen molar-refractivity contribution in [3.8, 4) is 11.5 Å². The topological polar surface area (TPSA) is 0 Å². The van der Waals surface area contributed by atoms with Gasteiger partial charge >= 0.3 is 0 Å². The van der Waals surface area contributed by atoms with Gasteiger partial charge < -0.3 is 0 Å². The standard InChI is InChI=1S/C23H34Si/c1-4-24(5-2,6-3)16-15-20-9-7-19(8-10-20)11-13-22-17-21-12-14-23(22)18-21/h7,9,12,14,21-23H,4-6,8,10-11,13,17-18H2,1-3H3. The Bertz CT molecular complexity index is 583. The monoisotopic (exact) mass is 338 g/mol. The molecular formula is C23H34Si. The van der Waals surface area contributed by atoms with E-state index in [4.69, 9.17) is 0 Å². The van der Waals surface area contributed by atoms with Crippen LogP contribution in [0.5, 0.6) is 0 Å². The lowest BCUT2D eigenvalue weighted by Gasteiger charge is -2.21. The highest BCUT2D eigenvalue weighted by molar-refractivity contribution is 6.87. The highest BCUT2D eigenvalue weighted by Gasteiger charge is 2.35. The van der Waals surface area contributed by atoms with Gasteiger partial charge in [-0.15, -0.1) is 5.54 Å². The first-order valence-electron chi connectivity index (χ1n) is 10.3. The van der Waals surface area contributed by atoms with Crippen molar-refractivity contribution in [2.24, 2.45) is 17.8 Å². The molecule has 0 spiro atoms. The van der Waals surface area contributed by atoms with E-state index in [2.05, 4.69) is 56.5 Å². The molecule has 0 aliphatic heterocycles. The molecule has 2 bridgehead atoms. The molecule has 3 atom stereocenters. The van der Waals surface area contributed by atoms with Crippen LogP contribution < -0.4 is 0 Å². The smallest absolute Gasteiger partial charge is 0.126 e. The second-order valence-corrected chi connectivity index (χ2v) is 13.1. The van der Waals surface area contributed by atoms with Crippen molar-refractivity contribution in [3.05, 3.63) is 35.5 Å². The van der Waals surface area contributed by atoms with E-state index in [1.54, 1.807) is 5.57 Å². The first-order chi connectivity index (χ1) is 11.7. The molecule has 0 aromatic rings. The Hall–Kier alpha value is -1.00. The Labute approximate surface area is 150 Å². The van der Waals surface area contributed by atoms with Crippen LogP contribution in [0.3, 0.4) is 0 Å². The molecule has 0 N–H and O–H groups in total. The molecular weight excluding hydrogens is 304 g/mol. The summed E-state index contributed by atoms with van der Waals surface area (Å²) in [6.45, 7) is 7.02. The van der Waals surface area contributed by atoms with Gasteiger partial charge in [-0.2, -0.15) is 0 Å². The zero-order chi connectivity index (χ0) is 17.0. The molecule has 1 fully saturated rings. The number of hydrogen-bond donors (Lipinski definition) is 0. The lowest BCUT2D eigenvalue weighted by Crippen LogP contribution is -2.29. The third kappa shape index (κ3) is 3.97. The third-order valence-corrected chi connectivity index (χ3v) is 11.7. The fourth-order valence-electron chi connectivity index (χ4n) is 4.82. The van der Waals surface area contributed by atoms with Crippen LogP contribution in [0, 0.1) is 29.2 Å². The summed E-state index contributed by atoms with van der Waals surface area (Å²) < 4.78 is 0. The minimum atomic E-state index is -1.29. The molecule has 0 radical (unpaired) electrons. The van der Waals surface area contributed by atoms with Crippen LogP contribution in [0.2, 0.25) is 18.1 Å². The second kappa shape index (κ2) is 7.92. The predicted molar refractivity (Wildman–Crippen MR) is 108 cm³/mol. The fourth-order valence-corrected chi connectivity index (χ4v) is 7.27. The lowest BCUT2D eigenvalue weighted by atomic mass is 9.86. The molecule has 0 heterocycles. The third-order valence-electron chi connectivity index (χ3n) is 7.01. The summed E-state index contributed by atoms with van der Waals surface area (Å²) in [5, 5.41) is 0. The van der Waals surface area contributed by atoms with Gasteiger partial charge in [0.15, 0.2) is 0 Å². The van der Waals surface area contributed by atoms with Crippen LogP contribution in [0.25, 0.3) is 0 Å². The van der Waals surface area contributed by atoms with Crippen molar-refractivity contribution < 1.29 is 0 Å².